The number of benzene rings is 2. The lowest BCUT2D eigenvalue weighted by molar-refractivity contribution is -0.384. The average Bonchev–Trinajstić information content (AvgIpc) is 2.96. The van der Waals surface area contributed by atoms with Gasteiger partial charge in [-0.2, -0.15) is 0 Å². The predicted octanol–water partition coefficient (Wildman–Crippen LogP) is 2.69. The Hall–Kier alpha value is -3.42. The number of nitrogens with one attached hydrogen (secondary N) is 1. The Labute approximate surface area is 149 Å². The van der Waals surface area contributed by atoms with Crippen LogP contribution in [0.1, 0.15) is 16.2 Å². The highest BCUT2D eigenvalue weighted by atomic mass is 16.6. The number of hydrogen-bond donors (Lipinski definition) is 1. The van der Waals surface area contributed by atoms with Gasteiger partial charge in [-0.1, -0.05) is 12.1 Å². The molecule has 0 spiro atoms. The number of nitrogens with zero attached hydrogens (tertiary/aromatic N) is 3. The molecule has 8 heteroatoms. The summed E-state index contributed by atoms with van der Waals surface area (Å²) in [5.41, 5.74) is 1.87. The number of aryl methyl sites for hydroxylation is 1. The molecule has 3 aromatic rings. The van der Waals surface area contributed by atoms with Crippen LogP contribution in [0.3, 0.4) is 0 Å². The van der Waals surface area contributed by atoms with Gasteiger partial charge in [0.1, 0.15) is 11.6 Å². The Morgan fingerprint density at radius 2 is 2.08 bits per heavy atom. The third-order valence-electron chi connectivity index (χ3n) is 4.10. The largest absolute Gasteiger partial charge is 0.496 e. The number of carbonyl (C=O) groups excluding carboxylic acids is 1. The molecular formula is C18H18N4O4. The highest BCUT2D eigenvalue weighted by Crippen LogP contribution is 2.23. The Kier molecular flexibility index (Phi) is 4.83. The molecule has 1 heterocycles. The van der Waals surface area contributed by atoms with E-state index in [0.29, 0.717) is 13.1 Å². The van der Waals surface area contributed by atoms with Crippen LogP contribution in [0, 0.1) is 17.0 Å². The van der Waals surface area contributed by atoms with Crippen molar-refractivity contribution in [2.45, 2.75) is 13.5 Å². The van der Waals surface area contributed by atoms with Crippen LogP contribution >= 0.6 is 0 Å². The monoisotopic (exact) mass is 354 g/mol. The second kappa shape index (κ2) is 7.22. The second-order valence-corrected chi connectivity index (χ2v) is 5.70. The van der Waals surface area contributed by atoms with Crippen LogP contribution < -0.4 is 10.1 Å². The zero-order valence-corrected chi connectivity index (χ0v) is 14.4. The van der Waals surface area contributed by atoms with Gasteiger partial charge in [-0.3, -0.25) is 14.9 Å². The van der Waals surface area contributed by atoms with Gasteiger partial charge in [-0.05, 0) is 25.1 Å². The number of nitro benzene ring substituents is 1. The summed E-state index contributed by atoms with van der Waals surface area (Å²) in [4.78, 5) is 27.3. The lowest BCUT2D eigenvalue weighted by atomic mass is 10.1. The van der Waals surface area contributed by atoms with Crippen LogP contribution in [0.2, 0.25) is 0 Å². The summed E-state index contributed by atoms with van der Waals surface area (Å²) in [6.07, 6.45) is 0. The van der Waals surface area contributed by atoms with Crippen LogP contribution in [0.15, 0.2) is 42.5 Å². The standard InChI is InChI=1S/C18H18N4O4/c1-12-20-15-5-3-4-6-16(15)21(12)10-9-19-18(23)14-11-13(22(24)25)7-8-17(14)26-2/h3-8,11H,9-10H2,1-2H3,(H,19,23). The average molecular weight is 354 g/mol. The quantitative estimate of drug-likeness (QED) is 0.542. The fourth-order valence-electron chi connectivity index (χ4n) is 2.84. The Morgan fingerprint density at radius 3 is 2.81 bits per heavy atom. The van der Waals surface area contributed by atoms with E-state index >= 15 is 0 Å². The van der Waals surface area contributed by atoms with Crippen molar-refractivity contribution < 1.29 is 14.5 Å². The number of imidazole rings is 1. The van der Waals surface area contributed by atoms with Crippen molar-refractivity contribution in [3.05, 3.63) is 64.0 Å². The van der Waals surface area contributed by atoms with Gasteiger partial charge in [-0.15, -0.1) is 0 Å². The van der Waals surface area contributed by atoms with Gasteiger partial charge in [0.2, 0.25) is 0 Å². The SMILES string of the molecule is COc1ccc([N+](=O)[O-])cc1C(=O)NCCn1c(C)nc2ccccc21. The van der Waals surface area contributed by atoms with E-state index in [-0.39, 0.29) is 17.0 Å². The minimum absolute atomic E-state index is 0.133. The summed E-state index contributed by atoms with van der Waals surface area (Å²) in [5, 5.41) is 13.7. The van der Waals surface area contributed by atoms with Crippen molar-refractivity contribution >= 4 is 22.6 Å². The maximum Gasteiger partial charge on any atom is 0.270 e. The summed E-state index contributed by atoms with van der Waals surface area (Å²) < 4.78 is 7.15. The van der Waals surface area contributed by atoms with Gasteiger partial charge >= 0.3 is 0 Å². The minimum atomic E-state index is -0.544. The first-order valence-corrected chi connectivity index (χ1v) is 8.03. The molecule has 0 saturated carbocycles. The fraction of sp³-hybridized carbons (Fsp3) is 0.222. The molecule has 0 radical (unpaired) electrons. The molecule has 1 aromatic heterocycles. The molecule has 0 aliphatic heterocycles. The van der Waals surface area contributed by atoms with Crippen LogP contribution in [-0.4, -0.2) is 34.0 Å². The van der Waals surface area contributed by atoms with Crippen LogP contribution in [0.25, 0.3) is 11.0 Å². The number of ether oxygens (including phenoxy) is 1. The summed E-state index contributed by atoms with van der Waals surface area (Å²) in [7, 11) is 1.42. The number of carbonyl (C=O) groups is 1. The van der Waals surface area contributed by atoms with Crippen LogP contribution in [0.5, 0.6) is 5.75 Å². The van der Waals surface area contributed by atoms with Gasteiger partial charge in [0.25, 0.3) is 11.6 Å². The molecule has 3 rings (SSSR count). The molecular weight excluding hydrogens is 336 g/mol. The Bertz CT molecular complexity index is 980. The molecule has 2 aromatic carbocycles. The smallest absolute Gasteiger partial charge is 0.270 e. The molecule has 0 aliphatic carbocycles. The number of fused-ring (bicyclic) bond motifs is 1. The number of amides is 1. The van der Waals surface area contributed by atoms with E-state index in [9.17, 15) is 14.9 Å². The van der Waals surface area contributed by atoms with Gasteiger partial charge < -0.3 is 14.6 Å². The van der Waals surface area contributed by atoms with Gasteiger partial charge in [0.15, 0.2) is 0 Å². The van der Waals surface area contributed by atoms with Crippen molar-refractivity contribution in [3.8, 4) is 5.75 Å². The second-order valence-electron chi connectivity index (χ2n) is 5.70. The van der Waals surface area contributed by atoms with E-state index in [2.05, 4.69) is 10.3 Å². The third kappa shape index (κ3) is 3.34. The van der Waals surface area contributed by atoms with Crippen molar-refractivity contribution in [3.63, 3.8) is 0 Å². The number of para-hydroxylation sites is 2. The summed E-state index contributed by atoms with van der Waals surface area (Å²) in [6.45, 7) is 2.80. The first-order chi connectivity index (χ1) is 12.5. The normalized spacial score (nSPS) is 10.7. The maximum absolute atomic E-state index is 12.4. The summed E-state index contributed by atoms with van der Waals surface area (Å²) >= 11 is 0. The van der Waals surface area contributed by atoms with Crippen molar-refractivity contribution in [2.24, 2.45) is 0 Å². The zero-order valence-electron chi connectivity index (χ0n) is 14.4. The molecule has 8 nitrogen and oxygen atoms in total. The van der Waals surface area contributed by atoms with Gasteiger partial charge in [-0.25, -0.2) is 4.98 Å². The van der Waals surface area contributed by atoms with Crippen molar-refractivity contribution in [1.29, 1.82) is 0 Å². The maximum atomic E-state index is 12.4. The summed E-state index contributed by atoms with van der Waals surface area (Å²) in [5.74, 6) is 0.721. The predicted molar refractivity (Wildman–Crippen MR) is 96.5 cm³/mol. The molecule has 1 N–H and O–H groups in total. The van der Waals surface area contributed by atoms with Gasteiger partial charge in [0.05, 0.1) is 28.6 Å². The molecule has 0 saturated heterocycles. The Morgan fingerprint density at radius 1 is 1.31 bits per heavy atom. The zero-order chi connectivity index (χ0) is 18.7. The van der Waals surface area contributed by atoms with E-state index in [1.807, 2.05) is 35.8 Å². The van der Waals surface area contributed by atoms with Crippen molar-refractivity contribution in [1.82, 2.24) is 14.9 Å². The molecule has 26 heavy (non-hydrogen) atoms. The number of non-ortho nitro benzene ring substituents is 1. The minimum Gasteiger partial charge on any atom is -0.496 e. The summed E-state index contributed by atoms with van der Waals surface area (Å²) in [6, 6.07) is 11.7. The molecule has 0 aliphatic rings. The van der Waals surface area contributed by atoms with Crippen LogP contribution in [0.4, 0.5) is 5.69 Å². The topological polar surface area (TPSA) is 99.3 Å². The van der Waals surface area contributed by atoms with E-state index in [4.69, 9.17) is 4.74 Å². The number of hydrogen-bond acceptors (Lipinski definition) is 5. The third-order valence-corrected chi connectivity index (χ3v) is 4.10. The van der Waals surface area contributed by atoms with Crippen molar-refractivity contribution in [2.75, 3.05) is 13.7 Å². The highest BCUT2D eigenvalue weighted by molar-refractivity contribution is 5.97. The van der Waals surface area contributed by atoms with E-state index < -0.39 is 10.8 Å². The van der Waals surface area contributed by atoms with Crippen LogP contribution in [-0.2, 0) is 6.54 Å². The van der Waals surface area contributed by atoms with E-state index in [1.165, 1.54) is 25.3 Å². The molecule has 0 atom stereocenters. The first kappa shape index (κ1) is 17.4. The fourth-order valence-corrected chi connectivity index (χ4v) is 2.84. The number of aromatic nitrogens is 2. The molecule has 0 unspecified atom stereocenters. The highest BCUT2D eigenvalue weighted by Gasteiger charge is 2.17. The first-order valence-electron chi connectivity index (χ1n) is 8.03. The molecule has 134 valence electrons. The lowest BCUT2D eigenvalue weighted by Crippen LogP contribution is -2.28. The lowest BCUT2D eigenvalue weighted by Gasteiger charge is -2.11. The number of nitro groups is 1. The van der Waals surface area contributed by atoms with E-state index in [0.717, 1.165) is 16.9 Å². The number of rotatable bonds is 6. The van der Waals surface area contributed by atoms with E-state index in [1.54, 1.807) is 0 Å². The molecule has 0 fully saturated rings. The molecule has 1 amide bonds. The Balaban J connectivity index is 1.74. The number of methoxy groups -OCH3 is 1. The molecule has 0 bridgehead atoms. The van der Waals surface area contributed by atoms with Gasteiger partial charge in [0, 0.05) is 25.2 Å².